The molecule has 0 fully saturated rings. The third kappa shape index (κ3) is 1.40. The number of rotatable bonds is 1. The zero-order chi connectivity index (χ0) is 10.1. The Kier molecular flexibility index (Phi) is 2.46. The van der Waals surface area contributed by atoms with Gasteiger partial charge in [0.1, 0.15) is 5.75 Å². The lowest BCUT2D eigenvalue weighted by Crippen LogP contribution is -2.19. The van der Waals surface area contributed by atoms with Crippen LogP contribution in [0, 0.1) is 0 Å². The highest BCUT2D eigenvalue weighted by molar-refractivity contribution is 5.47. The number of nitrogens with two attached hydrogens (primary N) is 1. The van der Waals surface area contributed by atoms with Crippen molar-refractivity contribution in [1.82, 2.24) is 0 Å². The van der Waals surface area contributed by atoms with Crippen LogP contribution in [0.5, 0.6) is 5.75 Å². The van der Waals surface area contributed by atoms with Crippen molar-refractivity contribution in [2.75, 3.05) is 0 Å². The lowest BCUT2D eigenvalue weighted by atomic mass is 9.84. The van der Waals surface area contributed by atoms with Crippen molar-refractivity contribution >= 4 is 0 Å². The van der Waals surface area contributed by atoms with Crippen LogP contribution in [-0.2, 0) is 12.8 Å². The van der Waals surface area contributed by atoms with Gasteiger partial charge in [0, 0.05) is 6.04 Å². The van der Waals surface area contributed by atoms with Crippen molar-refractivity contribution < 1.29 is 5.11 Å². The highest BCUT2D eigenvalue weighted by Crippen LogP contribution is 2.36. The first-order valence-electron chi connectivity index (χ1n) is 5.33. The smallest absolute Gasteiger partial charge is 0.119 e. The van der Waals surface area contributed by atoms with Crippen molar-refractivity contribution in [3.05, 3.63) is 28.8 Å². The maximum Gasteiger partial charge on any atom is 0.119 e. The Labute approximate surface area is 84.7 Å². The fraction of sp³-hybridized carbons (Fsp3) is 0.500. The Balaban J connectivity index is 2.58. The number of hydrogen-bond donors (Lipinski definition) is 2. The molecule has 1 aromatic rings. The molecule has 0 spiro atoms. The molecule has 1 unspecified atom stereocenters. The van der Waals surface area contributed by atoms with Gasteiger partial charge in [0.25, 0.3) is 0 Å². The fourth-order valence-electron chi connectivity index (χ4n) is 2.38. The first-order valence-corrected chi connectivity index (χ1v) is 5.33. The average Bonchev–Trinajstić information content (AvgIpc) is 2.20. The largest absolute Gasteiger partial charge is 0.508 e. The van der Waals surface area contributed by atoms with Gasteiger partial charge in [-0.2, -0.15) is 0 Å². The lowest BCUT2D eigenvalue weighted by molar-refractivity contribution is 0.454. The van der Waals surface area contributed by atoms with Gasteiger partial charge in [-0.25, -0.2) is 0 Å². The molecule has 0 saturated carbocycles. The molecule has 0 radical (unpaired) electrons. The van der Waals surface area contributed by atoms with E-state index >= 15 is 0 Å². The molecular weight excluding hydrogens is 174 g/mol. The first kappa shape index (κ1) is 9.53. The highest BCUT2D eigenvalue weighted by Gasteiger charge is 2.21. The molecule has 2 rings (SSSR count). The van der Waals surface area contributed by atoms with E-state index < -0.39 is 0 Å². The van der Waals surface area contributed by atoms with Crippen LogP contribution in [0.4, 0.5) is 0 Å². The van der Waals surface area contributed by atoms with Crippen LogP contribution in [0.15, 0.2) is 12.1 Å². The summed E-state index contributed by atoms with van der Waals surface area (Å²) in [6, 6.07) is 3.93. The summed E-state index contributed by atoms with van der Waals surface area (Å²) in [5.74, 6) is 0.423. The van der Waals surface area contributed by atoms with Crippen molar-refractivity contribution in [3.63, 3.8) is 0 Å². The van der Waals surface area contributed by atoms with E-state index in [-0.39, 0.29) is 6.04 Å². The summed E-state index contributed by atoms with van der Waals surface area (Å²) >= 11 is 0. The van der Waals surface area contributed by atoms with Crippen molar-refractivity contribution in [1.29, 1.82) is 0 Å². The zero-order valence-corrected chi connectivity index (χ0v) is 8.59. The minimum Gasteiger partial charge on any atom is -0.508 e. The molecule has 76 valence electrons. The SMILES string of the molecule is CCc1ccc(O)c2c1C(N)CCC2. The van der Waals surface area contributed by atoms with Crippen LogP contribution >= 0.6 is 0 Å². The second kappa shape index (κ2) is 3.62. The van der Waals surface area contributed by atoms with Gasteiger partial charge in [0.15, 0.2) is 0 Å². The molecule has 1 aliphatic rings. The normalized spacial score (nSPS) is 20.6. The molecule has 3 N–H and O–H groups in total. The molecule has 0 heterocycles. The minimum atomic E-state index is 0.126. The van der Waals surface area contributed by atoms with Gasteiger partial charge >= 0.3 is 0 Å². The number of fused-ring (bicyclic) bond motifs is 1. The second-order valence-corrected chi connectivity index (χ2v) is 3.99. The molecule has 14 heavy (non-hydrogen) atoms. The summed E-state index contributed by atoms with van der Waals surface area (Å²) in [5.41, 5.74) is 9.67. The Hall–Kier alpha value is -1.02. The minimum absolute atomic E-state index is 0.126. The summed E-state index contributed by atoms with van der Waals surface area (Å²) in [7, 11) is 0. The number of benzene rings is 1. The lowest BCUT2D eigenvalue weighted by Gasteiger charge is -2.25. The Morgan fingerprint density at radius 2 is 2.29 bits per heavy atom. The summed E-state index contributed by atoms with van der Waals surface area (Å²) in [6.07, 6.45) is 4.11. The van der Waals surface area contributed by atoms with E-state index in [2.05, 4.69) is 6.92 Å². The van der Waals surface area contributed by atoms with Crippen LogP contribution in [0.3, 0.4) is 0 Å². The van der Waals surface area contributed by atoms with Crippen LogP contribution in [0.1, 0.15) is 42.5 Å². The number of phenolic OH excluding ortho intramolecular Hbond substituents is 1. The molecular formula is C12H17NO. The molecule has 1 aliphatic carbocycles. The van der Waals surface area contributed by atoms with Crippen molar-refractivity contribution in [2.45, 2.75) is 38.6 Å². The topological polar surface area (TPSA) is 46.2 Å². The molecule has 1 aromatic carbocycles. The molecule has 1 atom stereocenters. The summed E-state index contributed by atoms with van der Waals surface area (Å²) < 4.78 is 0. The maximum atomic E-state index is 9.74. The second-order valence-electron chi connectivity index (χ2n) is 3.99. The van der Waals surface area contributed by atoms with E-state index in [1.807, 2.05) is 6.07 Å². The van der Waals surface area contributed by atoms with Crippen molar-refractivity contribution in [2.24, 2.45) is 5.73 Å². The Morgan fingerprint density at radius 3 is 3.00 bits per heavy atom. The summed E-state index contributed by atoms with van der Waals surface area (Å²) in [5, 5.41) is 9.74. The van der Waals surface area contributed by atoms with Gasteiger partial charge in [-0.05, 0) is 48.4 Å². The highest BCUT2D eigenvalue weighted by atomic mass is 16.3. The van der Waals surface area contributed by atoms with Crippen LogP contribution < -0.4 is 5.73 Å². The van der Waals surface area contributed by atoms with Gasteiger partial charge in [-0.15, -0.1) is 0 Å². The average molecular weight is 191 g/mol. The molecule has 2 nitrogen and oxygen atoms in total. The van der Waals surface area contributed by atoms with Crippen LogP contribution in [-0.4, -0.2) is 5.11 Å². The molecule has 0 amide bonds. The van der Waals surface area contributed by atoms with E-state index in [1.54, 1.807) is 6.07 Å². The van der Waals surface area contributed by atoms with Gasteiger partial charge in [0.2, 0.25) is 0 Å². The van der Waals surface area contributed by atoms with Gasteiger partial charge in [-0.1, -0.05) is 13.0 Å². The predicted molar refractivity (Wildman–Crippen MR) is 57.4 cm³/mol. The van der Waals surface area contributed by atoms with Gasteiger partial charge in [-0.3, -0.25) is 0 Å². The van der Waals surface area contributed by atoms with Crippen LogP contribution in [0.25, 0.3) is 0 Å². The fourth-order valence-corrected chi connectivity index (χ4v) is 2.38. The third-order valence-corrected chi connectivity index (χ3v) is 3.12. The van der Waals surface area contributed by atoms with E-state index in [4.69, 9.17) is 5.73 Å². The molecule has 0 aromatic heterocycles. The van der Waals surface area contributed by atoms with Gasteiger partial charge < -0.3 is 10.8 Å². The Morgan fingerprint density at radius 1 is 1.50 bits per heavy atom. The molecule has 0 bridgehead atoms. The van der Waals surface area contributed by atoms with Crippen molar-refractivity contribution in [3.8, 4) is 5.75 Å². The molecule has 0 saturated heterocycles. The summed E-state index contributed by atoms with van der Waals surface area (Å²) in [4.78, 5) is 0. The maximum absolute atomic E-state index is 9.74. The van der Waals surface area contributed by atoms with E-state index in [0.717, 1.165) is 31.2 Å². The third-order valence-electron chi connectivity index (χ3n) is 3.12. The molecule has 0 aliphatic heterocycles. The number of phenols is 1. The first-order chi connectivity index (χ1) is 6.74. The number of aromatic hydroxyl groups is 1. The van der Waals surface area contributed by atoms with Crippen LogP contribution in [0.2, 0.25) is 0 Å². The Bertz CT molecular complexity index is 346. The predicted octanol–water partition coefficient (Wildman–Crippen LogP) is 2.29. The number of aryl methyl sites for hydroxylation is 1. The standard InChI is InChI=1S/C12H17NO/c1-2-8-6-7-11(14)9-4-3-5-10(13)12(8)9/h6-7,10,14H,2-5,13H2,1H3. The van der Waals surface area contributed by atoms with E-state index in [0.29, 0.717) is 5.75 Å². The zero-order valence-electron chi connectivity index (χ0n) is 8.59. The number of hydrogen-bond acceptors (Lipinski definition) is 2. The quantitative estimate of drug-likeness (QED) is 0.715. The van der Waals surface area contributed by atoms with E-state index in [1.165, 1.54) is 11.1 Å². The van der Waals surface area contributed by atoms with Gasteiger partial charge in [0.05, 0.1) is 0 Å². The monoisotopic (exact) mass is 191 g/mol. The molecule has 2 heteroatoms. The summed E-state index contributed by atoms with van der Waals surface area (Å²) in [6.45, 7) is 2.13. The van der Waals surface area contributed by atoms with E-state index in [9.17, 15) is 5.11 Å².